The number of aromatic nitrogens is 1. The number of carbonyl (C=O) groups excluding carboxylic acids is 2. The maximum absolute atomic E-state index is 13.1. The van der Waals surface area contributed by atoms with E-state index < -0.39 is 29.1 Å². The number of carbonyl (C=O) groups is 2. The van der Waals surface area contributed by atoms with E-state index in [0.29, 0.717) is 12.8 Å². The SMILES string of the molecule is CC1=CCCCC(C)C(O)(O)C(C)C(=O)C(C)(C)CCC(=O)OC(C(C)=Cc2ccccn2)C1. The number of nitrogens with zero attached hydrogens (tertiary/aromatic N) is 1. The minimum atomic E-state index is -2.09. The van der Waals surface area contributed by atoms with Crippen LogP contribution in [0.3, 0.4) is 0 Å². The van der Waals surface area contributed by atoms with Crippen LogP contribution >= 0.6 is 0 Å². The molecule has 2 N–H and O–H groups in total. The number of Topliss-reactive ketones (excluding diaryl/α,β-unsaturated/α-hetero) is 1. The fourth-order valence-electron chi connectivity index (χ4n) is 4.41. The third-order valence-electron chi connectivity index (χ3n) is 7.06. The maximum atomic E-state index is 13.1. The zero-order valence-corrected chi connectivity index (χ0v) is 21.5. The van der Waals surface area contributed by atoms with E-state index in [9.17, 15) is 19.8 Å². The molecule has 188 valence electrons. The molecule has 1 aliphatic rings. The normalized spacial score (nSPS) is 27.6. The molecule has 34 heavy (non-hydrogen) atoms. The van der Waals surface area contributed by atoms with Crippen molar-refractivity contribution in [3.05, 3.63) is 47.3 Å². The number of pyridine rings is 1. The first kappa shape index (κ1) is 27.9. The number of cyclic esters (lactones) is 1. The first-order valence-electron chi connectivity index (χ1n) is 12.3. The Morgan fingerprint density at radius 1 is 1.21 bits per heavy atom. The topological polar surface area (TPSA) is 96.7 Å². The van der Waals surface area contributed by atoms with Crippen molar-refractivity contribution in [2.45, 2.75) is 92.0 Å². The predicted octanol–water partition coefficient (Wildman–Crippen LogP) is 5.25. The molecule has 0 radical (unpaired) electrons. The first-order chi connectivity index (χ1) is 15.8. The molecule has 1 aromatic heterocycles. The molecule has 2 rings (SSSR count). The lowest BCUT2D eigenvalue weighted by Gasteiger charge is -2.37. The Morgan fingerprint density at radius 3 is 2.56 bits per heavy atom. The standard InChI is InChI=1S/C28H41NO5/c1-19-11-7-8-12-21(3)28(32,33)22(4)26(31)27(5,6)15-14-25(30)34-24(17-19)20(2)18-23-13-9-10-16-29-23/h9-11,13,16,18,21-22,24,32-33H,7-8,12,14-15,17H2,1-6H3. The smallest absolute Gasteiger partial charge is 0.306 e. The predicted molar refractivity (Wildman–Crippen MR) is 134 cm³/mol. The molecule has 1 aromatic rings. The Morgan fingerprint density at radius 2 is 1.91 bits per heavy atom. The van der Waals surface area contributed by atoms with Gasteiger partial charge in [0.25, 0.3) is 0 Å². The lowest BCUT2D eigenvalue weighted by Crippen LogP contribution is -2.49. The average Bonchev–Trinajstić information content (AvgIpc) is 2.79. The van der Waals surface area contributed by atoms with Gasteiger partial charge in [-0.25, -0.2) is 0 Å². The summed E-state index contributed by atoms with van der Waals surface area (Å²) in [5.41, 5.74) is 1.92. The van der Waals surface area contributed by atoms with Crippen LogP contribution in [0.4, 0.5) is 0 Å². The molecule has 0 fully saturated rings. The Kier molecular flexibility index (Phi) is 9.77. The molecule has 6 nitrogen and oxygen atoms in total. The third-order valence-corrected chi connectivity index (χ3v) is 7.06. The molecular formula is C28H41NO5. The van der Waals surface area contributed by atoms with E-state index >= 15 is 0 Å². The van der Waals surface area contributed by atoms with Crippen LogP contribution in [0.1, 0.15) is 85.8 Å². The summed E-state index contributed by atoms with van der Waals surface area (Å²) < 4.78 is 5.88. The molecule has 0 bridgehead atoms. The van der Waals surface area contributed by atoms with E-state index in [-0.39, 0.29) is 24.6 Å². The minimum absolute atomic E-state index is 0.0704. The largest absolute Gasteiger partial charge is 0.457 e. The molecule has 0 spiro atoms. The number of aliphatic hydroxyl groups is 2. The van der Waals surface area contributed by atoms with Crippen molar-refractivity contribution in [2.75, 3.05) is 0 Å². The second-order valence-electron chi connectivity index (χ2n) is 10.5. The van der Waals surface area contributed by atoms with E-state index in [0.717, 1.165) is 29.7 Å². The van der Waals surface area contributed by atoms with Gasteiger partial charge in [0.15, 0.2) is 5.79 Å². The van der Waals surface area contributed by atoms with Gasteiger partial charge in [0.2, 0.25) is 0 Å². The summed E-state index contributed by atoms with van der Waals surface area (Å²) >= 11 is 0. The van der Waals surface area contributed by atoms with Crippen LogP contribution < -0.4 is 0 Å². The molecule has 0 amide bonds. The van der Waals surface area contributed by atoms with Crippen LogP contribution in [-0.2, 0) is 14.3 Å². The second kappa shape index (κ2) is 11.9. The number of ether oxygens (including phenoxy) is 1. The van der Waals surface area contributed by atoms with E-state index in [4.69, 9.17) is 4.74 Å². The summed E-state index contributed by atoms with van der Waals surface area (Å²) in [7, 11) is 0. The van der Waals surface area contributed by atoms with Crippen LogP contribution in [-0.4, -0.2) is 38.8 Å². The molecular weight excluding hydrogens is 430 g/mol. The van der Waals surface area contributed by atoms with Gasteiger partial charge in [-0.15, -0.1) is 0 Å². The second-order valence-corrected chi connectivity index (χ2v) is 10.5. The summed E-state index contributed by atoms with van der Waals surface area (Å²) in [6, 6.07) is 5.67. The Bertz CT molecular complexity index is 901. The highest BCUT2D eigenvalue weighted by molar-refractivity contribution is 5.87. The van der Waals surface area contributed by atoms with Gasteiger partial charge in [0, 0.05) is 30.4 Å². The van der Waals surface area contributed by atoms with Gasteiger partial charge >= 0.3 is 5.97 Å². The lowest BCUT2D eigenvalue weighted by atomic mass is 9.73. The minimum Gasteiger partial charge on any atom is -0.457 e. The number of rotatable bonds is 2. The highest BCUT2D eigenvalue weighted by atomic mass is 16.5. The van der Waals surface area contributed by atoms with Crippen molar-refractivity contribution in [1.82, 2.24) is 4.98 Å². The summed E-state index contributed by atoms with van der Waals surface area (Å²) in [5, 5.41) is 21.5. The Labute approximate surface area is 204 Å². The van der Waals surface area contributed by atoms with Gasteiger partial charge in [-0.3, -0.25) is 14.6 Å². The van der Waals surface area contributed by atoms with Gasteiger partial charge in [-0.2, -0.15) is 0 Å². The van der Waals surface area contributed by atoms with Crippen LogP contribution in [0.2, 0.25) is 0 Å². The zero-order valence-electron chi connectivity index (χ0n) is 21.5. The number of allylic oxidation sites excluding steroid dienone is 1. The first-order valence-corrected chi connectivity index (χ1v) is 12.3. The van der Waals surface area contributed by atoms with Crippen molar-refractivity contribution in [2.24, 2.45) is 17.3 Å². The molecule has 0 aromatic carbocycles. The van der Waals surface area contributed by atoms with Crippen LogP contribution in [0.15, 0.2) is 41.6 Å². The fourth-order valence-corrected chi connectivity index (χ4v) is 4.41. The van der Waals surface area contributed by atoms with Crippen molar-refractivity contribution >= 4 is 17.8 Å². The monoisotopic (exact) mass is 471 g/mol. The van der Waals surface area contributed by atoms with Gasteiger partial charge in [-0.05, 0) is 63.3 Å². The van der Waals surface area contributed by atoms with Gasteiger partial charge < -0.3 is 14.9 Å². The van der Waals surface area contributed by atoms with Gasteiger partial charge in [0.1, 0.15) is 11.9 Å². The zero-order chi connectivity index (χ0) is 25.5. The highest BCUT2D eigenvalue weighted by Gasteiger charge is 2.45. The summed E-state index contributed by atoms with van der Waals surface area (Å²) in [4.78, 5) is 30.3. The Balaban J connectivity index is 2.31. The molecule has 0 aliphatic carbocycles. The molecule has 2 heterocycles. The highest BCUT2D eigenvalue weighted by Crippen LogP contribution is 2.36. The van der Waals surface area contributed by atoms with E-state index in [1.807, 2.05) is 38.1 Å². The van der Waals surface area contributed by atoms with E-state index in [1.165, 1.54) is 0 Å². The molecule has 1 aliphatic heterocycles. The van der Waals surface area contributed by atoms with Crippen molar-refractivity contribution in [3.63, 3.8) is 0 Å². The van der Waals surface area contributed by atoms with Crippen LogP contribution in [0.5, 0.6) is 0 Å². The fraction of sp³-hybridized carbons (Fsp3) is 0.607. The number of hydrogen-bond acceptors (Lipinski definition) is 6. The number of esters is 1. The molecule has 6 heteroatoms. The number of ketones is 1. The van der Waals surface area contributed by atoms with Crippen molar-refractivity contribution in [1.29, 1.82) is 0 Å². The molecule has 3 atom stereocenters. The maximum Gasteiger partial charge on any atom is 0.306 e. The quantitative estimate of drug-likeness (QED) is 0.348. The van der Waals surface area contributed by atoms with Crippen molar-refractivity contribution in [3.8, 4) is 0 Å². The van der Waals surface area contributed by atoms with Crippen molar-refractivity contribution < 1.29 is 24.5 Å². The number of hydrogen-bond donors (Lipinski definition) is 2. The van der Waals surface area contributed by atoms with Gasteiger partial charge in [-0.1, -0.05) is 45.4 Å². The lowest BCUT2D eigenvalue weighted by molar-refractivity contribution is -0.230. The average molecular weight is 472 g/mol. The summed E-state index contributed by atoms with van der Waals surface area (Å²) in [6.45, 7) is 10.8. The van der Waals surface area contributed by atoms with Gasteiger partial charge in [0.05, 0.1) is 11.6 Å². The summed E-state index contributed by atoms with van der Waals surface area (Å²) in [5.74, 6) is -4.15. The molecule has 0 saturated carbocycles. The Hall–Kier alpha value is -2.31. The molecule has 0 saturated heterocycles. The van der Waals surface area contributed by atoms with Crippen LogP contribution in [0, 0.1) is 17.3 Å². The van der Waals surface area contributed by atoms with Crippen LogP contribution in [0.25, 0.3) is 6.08 Å². The van der Waals surface area contributed by atoms with E-state index in [1.54, 1.807) is 33.9 Å². The molecule has 3 unspecified atom stereocenters. The summed E-state index contributed by atoms with van der Waals surface area (Å²) in [6.07, 6.45) is 8.38. The third kappa shape index (κ3) is 7.60. The van der Waals surface area contributed by atoms with E-state index in [2.05, 4.69) is 11.1 Å².